The average Bonchev–Trinajstić information content (AvgIpc) is 2.71. The molecule has 0 bridgehead atoms. The van der Waals surface area contributed by atoms with E-state index in [-0.39, 0.29) is 35.8 Å². The van der Waals surface area contributed by atoms with E-state index in [0.717, 1.165) is 22.6 Å². The van der Waals surface area contributed by atoms with Crippen LogP contribution in [0.2, 0.25) is 0 Å². The van der Waals surface area contributed by atoms with E-state index in [0.29, 0.717) is 11.9 Å². The largest absolute Gasteiger partial charge is 0.395 e. The number of rotatable bonds is 4. The van der Waals surface area contributed by atoms with Gasteiger partial charge in [0.05, 0.1) is 29.0 Å². The minimum Gasteiger partial charge on any atom is -0.395 e. The van der Waals surface area contributed by atoms with Crippen molar-refractivity contribution < 1.29 is 27.9 Å². The standard InChI is InChI=1S/C11H11F2N3O3S.C6H3FN2/c12-6-1-2-7-10(9(6)13)20-16(11(19)15-7)5-8(18)14-3-4-17;7-6-1-5(2-8)3-9-4-6/h1-2,17H,3-5H2,(H,14,18)(H,15,19);1,3-4H. The van der Waals surface area contributed by atoms with Crippen LogP contribution >= 0.6 is 11.9 Å². The number of aliphatic hydroxyl groups excluding tert-OH is 1. The van der Waals surface area contributed by atoms with Gasteiger partial charge in [-0.3, -0.25) is 14.1 Å². The van der Waals surface area contributed by atoms with Crippen LogP contribution in [0.25, 0.3) is 0 Å². The van der Waals surface area contributed by atoms with Crippen LogP contribution in [0.5, 0.6) is 0 Å². The van der Waals surface area contributed by atoms with Crippen molar-refractivity contribution in [2.24, 2.45) is 0 Å². The van der Waals surface area contributed by atoms with Crippen molar-refractivity contribution >= 4 is 29.6 Å². The second-order valence-corrected chi connectivity index (χ2v) is 6.40. The Labute approximate surface area is 167 Å². The molecule has 1 aliphatic heterocycles. The van der Waals surface area contributed by atoms with Crippen LogP contribution < -0.4 is 10.6 Å². The minimum absolute atomic E-state index is 0.0541. The number of amides is 3. The highest BCUT2D eigenvalue weighted by molar-refractivity contribution is 7.97. The lowest BCUT2D eigenvalue weighted by atomic mass is 10.3. The van der Waals surface area contributed by atoms with Crippen LogP contribution in [-0.4, -0.2) is 46.0 Å². The molecule has 29 heavy (non-hydrogen) atoms. The molecule has 1 aliphatic rings. The van der Waals surface area contributed by atoms with Crippen LogP contribution in [0.3, 0.4) is 0 Å². The van der Waals surface area contributed by atoms with Crippen molar-refractivity contribution in [1.82, 2.24) is 14.6 Å². The highest BCUT2D eigenvalue weighted by atomic mass is 32.2. The molecule has 0 aliphatic carbocycles. The van der Waals surface area contributed by atoms with Gasteiger partial charge in [0.15, 0.2) is 11.6 Å². The van der Waals surface area contributed by atoms with Gasteiger partial charge in [-0.25, -0.2) is 18.0 Å². The Morgan fingerprint density at radius 1 is 1.34 bits per heavy atom. The van der Waals surface area contributed by atoms with Crippen LogP contribution in [0, 0.1) is 28.8 Å². The van der Waals surface area contributed by atoms with E-state index in [1.807, 2.05) is 0 Å². The van der Waals surface area contributed by atoms with Crippen molar-refractivity contribution in [3.05, 3.63) is 53.6 Å². The Bertz CT molecular complexity index is 954. The zero-order valence-electron chi connectivity index (χ0n) is 14.7. The van der Waals surface area contributed by atoms with Gasteiger partial charge in [0, 0.05) is 12.7 Å². The molecule has 152 valence electrons. The molecular formula is C17H14F3N5O3S. The molecule has 1 aromatic heterocycles. The van der Waals surface area contributed by atoms with Crippen molar-refractivity contribution in [2.45, 2.75) is 4.90 Å². The second-order valence-electron chi connectivity index (χ2n) is 5.37. The number of aliphatic hydroxyl groups is 1. The average molecular weight is 425 g/mol. The third kappa shape index (κ3) is 6.09. The van der Waals surface area contributed by atoms with Gasteiger partial charge in [-0.2, -0.15) is 5.26 Å². The summed E-state index contributed by atoms with van der Waals surface area (Å²) in [6.07, 6.45) is 2.36. The van der Waals surface area contributed by atoms with Crippen LogP contribution in [0.4, 0.5) is 23.7 Å². The molecule has 12 heteroatoms. The molecule has 0 saturated heterocycles. The summed E-state index contributed by atoms with van der Waals surface area (Å²) in [6, 6.07) is 4.46. The molecule has 2 aromatic rings. The fourth-order valence-electron chi connectivity index (χ4n) is 2.01. The second kappa shape index (κ2) is 10.3. The summed E-state index contributed by atoms with van der Waals surface area (Å²) in [7, 11) is 0. The molecule has 0 saturated carbocycles. The first kappa shape index (κ1) is 22.0. The first-order valence-corrected chi connectivity index (χ1v) is 8.75. The van der Waals surface area contributed by atoms with Gasteiger partial charge in [-0.15, -0.1) is 0 Å². The number of anilines is 1. The van der Waals surface area contributed by atoms with Crippen molar-refractivity contribution in [2.75, 3.05) is 25.0 Å². The lowest BCUT2D eigenvalue weighted by Gasteiger charge is -2.27. The maximum absolute atomic E-state index is 13.6. The van der Waals surface area contributed by atoms with E-state index in [4.69, 9.17) is 10.4 Å². The summed E-state index contributed by atoms with van der Waals surface area (Å²) in [4.78, 5) is 26.5. The lowest BCUT2D eigenvalue weighted by Crippen LogP contribution is -2.41. The van der Waals surface area contributed by atoms with E-state index >= 15 is 0 Å². The smallest absolute Gasteiger partial charge is 0.332 e. The number of nitriles is 1. The number of hydrogen-bond donors (Lipinski definition) is 3. The van der Waals surface area contributed by atoms with Gasteiger partial charge in [0.2, 0.25) is 5.91 Å². The Morgan fingerprint density at radius 2 is 2.10 bits per heavy atom. The number of pyridine rings is 1. The minimum atomic E-state index is -1.08. The zero-order valence-corrected chi connectivity index (χ0v) is 15.5. The molecule has 3 rings (SSSR count). The number of carbonyl (C=O) groups is 2. The summed E-state index contributed by atoms with van der Waals surface area (Å²) < 4.78 is 39.9. The molecule has 8 nitrogen and oxygen atoms in total. The van der Waals surface area contributed by atoms with Crippen LogP contribution in [0.15, 0.2) is 35.5 Å². The zero-order chi connectivity index (χ0) is 21.4. The SMILES string of the molecule is N#Cc1cncc(F)c1.O=C(CN1Sc2c(ccc(F)c2F)NC1=O)NCCO. The normalized spacial score (nSPS) is 12.1. The summed E-state index contributed by atoms with van der Waals surface area (Å²) >= 11 is 0.651. The number of aromatic nitrogens is 1. The number of benzene rings is 1. The monoisotopic (exact) mass is 425 g/mol. The third-order valence-corrected chi connectivity index (χ3v) is 4.37. The number of urea groups is 1. The molecular weight excluding hydrogens is 411 g/mol. The number of nitrogens with one attached hydrogen (secondary N) is 2. The Kier molecular flexibility index (Phi) is 7.81. The maximum Gasteiger partial charge on any atom is 0.332 e. The molecule has 2 heterocycles. The van der Waals surface area contributed by atoms with E-state index in [1.165, 1.54) is 12.3 Å². The van der Waals surface area contributed by atoms with E-state index in [1.54, 1.807) is 6.07 Å². The Balaban J connectivity index is 0.000000278. The number of halogens is 3. The maximum atomic E-state index is 13.6. The van der Waals surface area contributed by atoms with Crippen molar-refractivity contribution in [3.63, 3.8) is 0 Å². The molecule has 0 unspecified atom stereocenters. The Hall–Kier alpha value is -3.30. The topological polar surface area (TPSA) is 118 Å². The van der Waals surface area contributed by atoms with Crippen LogP contribution in [-0.2, 0) is 4.79 Å². The molecule has 0 spiro atoms. The molecule has 3 N–H and O–H groups in total. The van der Waals surface area contributed by atoms with Crippen molar-refractivity contribution in [3.8, 4) is 6.07 Å². The molecule has 0 fully saturated rings. The van der Waals surface area contributed by atoms with Gasteiger partial charge < -0.3 is 15.7 Å². The van der Waals surface area contributed by atoms with Gasteiger partial charge >= 0.3 is 6.03 Å². The van der Waals surface area contributed by atoms with E-state index in [2.05, 4.69) is 15.6 Å². The van der Waals surface area contributed by atoms with E-state index in [9.17, 15) is 22.8 Å². The summed E-state index contributed by atoms with van der Waals surface area (Å²) in [5.74, 6) is -3.10. The first-order chi connectivity index (χ1) is 13.8. The molecule has 0 atom stereocenters. The molecule has 1 aromatic carbocycles. The fraction of sp³-hybridized carbons (Fsp3) is 0.176. The molecule has 0 radical (unpaired) electrons. The number of fused-ring (bicyclic) bond motifs is 1. The summed E-state index contributed by atoms with van der Waals surface area (Å²) in [5, 5.41) is 21.5. The third-order valence-electron chi connectivity index (χ3n) is 3.27. The highest BCUT2D eigenvalue weighted by Crippen LogP contribution is 2.37. The molecule has 3 amide bonds. The van der Waals surface area contributed by atoms with Gasteiger partial charge in [-0.05, 0) is 30.1 Å². The summed E-state index contributed by atoms with van der Waals surface area (Å²) in [6.45, 7) is -0.516. The fourth-order valence-corrected chi connectivity index (χ4v) is 2.93. The predicted molar refractivity (Wildman–Crippen MR) is 96.9 cm³/mol. The van der Waals surface area contributed by atoms with Crippen molar-refractivity contribution in [1.29, 1.82) is 5.26 Å². The van der Waals surface area contributed by atoms with Gasteiger partial charge in [0.25, 0.3) is 0 Å². The number of carbonyl (C=O) groups excluding carboxylic acids is 2. The number of hydrogen-bond acceptors (Lipinski definition) is 6. The quantitative estimate of drug-likeness (QED) is 0.645. The lowest BCUT2D eigenvalue weighted by molar-refractivity contribution is -0.121. The summed E-state index contributed by atoms with van der Waals surface area (Å²) in [5.41, 5.74) is 0.404. The number of nitrogens with zero attached hydrogens (tertiary/aromatic N) is 3. The van der Waals surface area contributed by atoms with Gasteiger partial charge in [0.1, 0.15) is 18.4 Å². The highest BCUT2D eigenvalue weighted by Gasteiger charge is 2.29. The van der Waals surface area contributed by atoms with Crippen LogP contribution in [0.1, 0.15) is 5.56 Å². The van der Waals surface area contributed by atoms with E-state index < -0.39 is 29.4 Å². The first-order valence-electron chi connectivity index (χ1n) is 7.98. The Morgan fingerprint density at radius 3 is 2.72 bits per heavy atom. The predicted octanol–water partition coefficient (Wildman–Crippen LogP) is 2.02. The van der Waals surface area contributed by atoms with Gasteiger partial charge in [-0.1, -0.05) is 0 Å².